The molecule has 0 amide bonds. The Labute approximate surface area is 155 Å². The first-order valence-corrected chi connectivity index (χ1v) is 8.57. The molecular formula is C20H18N4O3. The van der Waals surface area contributed by atoms with E-state index in [1.165, 1.54) is 0 Å². The van der Waals surface area contributed by atoms with E-state index < -0.39 is 12.1 Å². The summed E-state index contributed by atoms with van der Waals surface area (Å²) in [6, 6.07) is 9.06. The lowest BCUT2D eigenvalue weighted by molar-refractivity contribution is 0.0265. The van der Waals surface area contributed by atoms with E-state index in [2.05, 4.69) is 20.1 Å². The maximum Gasteiger partial charge on any atom is 0.338 e. The van der Waals surface area contributed by atoms with Crippen molar-refractivity contribution in [2.24, 2.45) is 0 Å². The van der Waals surface area contributed by atoms with Crippen molar-refractivity contribution in [1.82, 2.24) is 20.1 Å². The first kappa shape index (κ1) is 17.0. The van der Waals surface area contributed by atoms with Gasteiger partial charge in [-0.25, -0.2) is 4.79 Å². The fourth-order valence-electron chi connectivity index (χ4n) is 2.88. The maximum absolute atomic E-state index is 12.5. The average molecular weight is 362 g/mol. The third-order valence-corrected chi connectivity index (χ3v) is 4.54. The number of hydrogen-bond acceptors (Lipinski definition) is 6. The van der Waals surface area contributed by atoms with Gasteiger partial charge in [0.25, 0.3) is 5.89 Å². The van der Waals surface area contributed by atoms with Crippen molar-refractivity contribution in [1.29, 1.82) is 0 Å². The van der Waals surface area contributed by atoms with Crippen molar-refractivity contribution in [3.63, 3.8) is 0 Å². The highest BCUT2D eigenvalue weighted by molar-refractivity contribution is 5.96. The summed E-state index contributed by atoms with van der Waals surface area (Å²) in [5, 5.41) is 4.93. The van der Waals surface area contributed by atoms with Gasteiger partial charge in [0.15, 0.2) is 6.10 Å². The van der Waals surface area contributed by atoms with Gasteiger partial charge in [0, 0.05) is 34.6 Å². The molecule has 3 aromatic heterocycles. The van der Waals surface area contributed by atoms with Crippen LogP contribution in [0.2, 0.25) is 0 Å². The number of benzene rings is 1. The Morgan fingerprint density at radius 1 is 1.26 bits per heavy atom. The molecule has 0 aliphatic rings. The number of pyridine rings is 1. The number of carbonyl (C=O) groups excluding carboxylic acids is 1. The van der Waals surface area contributed by atoms with Crippen LogP contribution in [0.3, 0.4) is 0 Å². The van der Waals surface area contributed by atoms with Gasteiger partial charge < -0.3 is 14.2 Å². The largest absolute Gasteiger partial charge is 0.449 e. The normalized spacial score (nSPS) is 12.3. The Morgan fingerprint density at radius 2 is 2.11 bits per heavy atom. The fraction of sp³-hybridized carbons (Fsp3) is 0.200. The number of aromatic amines is 1. The second-order valence-corrected chi connectivity index (χ2v) is 6.38. The van der Waals surface area contributed by atoms with Gasteiger partial charge in [-0.15, -0.1) is 0 Å². The van der Waals surface area contributed by atoms with Gasteiger partial charge in [0.2, 0.25) is 5.82 Å². The zero-order chi connectivity index (χ0) is 19.0. The van der Waals surface area contributed by atoms with Gasteiger partial charge in [-0.1, -0.05) is 5.16 Å². The molecule has 27 heavy (non-hydrogen) atoms. The number of hydrogen-bond donors (Lipinski definition) is 1. The molecule has 1 N–H and O–H groups in total. The predicted molar refractivity (Wildman–Crippen MR) is 99.1 cm³/mol. The summed E-state index contributed by atoms with van der Waals surface area (Å²) in [5.41, 5.74) is 4.40. The summed E-state index contributed by atoms with van der Waals surface area (Å²) in [7, 11) is 0. The van der Waals surface area contributed by atoms with Crippen molar-refractivity contribution >= 4 is 16.9 Å². The SMILES string of the molecule is Cc1[nH]c2ccc(C(=O)O[C@@H](C)c3nc(-c4cccnc4)no3)cc2c1C. The van der Waals surface area contributed by atoms with Gasteiger partial charge in [-0.2, -0.15) is 4.98 Å². The summed E-state index contributed by atoms with van der Waals surface area (Å²) in [4.78, 5) is 24.1. The van der Waals surface area contributed by atoms with Gasteiger partial charge in [-0.3, -0.25) is 4.98 Å². The zero-order valence-electron chi connectivity index (χ0n) is 15.2. The lowest BCUT2D eigenvalue weighted by Crippen LogP contribution is -2.09. The summed E-state index contributed by atoms with van der Waals surface area (Å²) in [6.45, 7) is 5.72. The second-order valence-electron chi connectivity index (χ2n) is 6.38. The van der Waals surface area contributed by atoms with Gasteiger partial charge in [0.1, 0.15) is 0 Å². The summed E-state index contributed by atoms with van der Waals surface area (Å²) < 4.78 is 10.7. The molecule has 0 bridgehead atoms. The van der Waals surface area contributed by atoms with E-state index >= 15 is 0 Å². The zero-order valence-corrected chi connectivity index (χ0v) is 15.2. The molecule has 0 unspecified atom stereocenters. The summed E-state index contributed by atoms with van der Waals surface area (Å²) in [6.07, 6.45) is 2.64. The van der Waals surface area contributed by atoms with E-state index in [0.717, 1.165) is 27.7 Å². The van der Waals surface area contributed by atoms with E-state index in [-0.39, 0.29) is 5.89 Å². The third-order valence-electron chi connectivity index (χ3n) is 4.54. The van der Waals surface area contributed by atoms with Gasteiger partial charge in [0.05, 0.1) is 5.56 Å². The quantitative estimate of drug-likeness (QED) is 0.548. The molecular weight excluding hydrogens is 344 g/mol. The first-order valence-electron chi connectivity index (χ1n) is 8.57. The van der Waals surface area contributed by atoms with Crippen LogP contribution >= 0.6 is 0 Å². The highest BCUT2D eigenvalue weighted by Crippen LogP contribution is 2.25. The molecule has 7 nitrogen and oxygen atoms in total. The number of rotatable bonds is 4. The Kier molecular flexibility index (Phi) is 4.19. The number of aryl methyl sites for hydroxylation is 2. The smallest absolute Gasteiger partial charge is 0.338 e. The minimum atomic E-state index is -0.667. The molecule has 3 heterocycles. The minimum Gasteiger partial charge on any atom is -0.449 e. The molecule has 0 saturated carbocycles. The Bertz CT molecular complexity index is 1110. The Morgan fingerprint density at radius 3 is 2.89 bits per heavy atom. The molecule has 0 saturated heterocycles. The molecule has 1 aromatic carbocycles. The molecule has 0 aliphatic heterocycles. The minimum absolute atomic E-state index is 0.233. The summed E-state index contributed by atoms with van der Waals surface area (Å²) >= 11 is 0. The monoisotopic (exact) mass is 362 g/mol. The number of nitrogens with zero attached hydrogens (tertiary/aromatic N) is 3. The van der Waals surface area contributed by atoms with Crippen molar-refractivity contribution in [3.8, 4) is 11.4 Å². The van der Waals surface area contributed by atoms with Crippen LogP contribution < -0.4 is 0 Å². The van der Waals surface area contributed by atoms with Gasteiger partial charge in [-0.05, 0) is 56.7 Å². The maximum atomic E-state index is 12.5. The third kappa shape index (κ3) is 3.19. The lowest BCUT2D eigenvalue weighted by Gasteiger charge is -2.09. The summed E-state index contributed by atoms with van der Waals surface area (Å²) in [5.74, 6) is 0.196. The molecule has 4 aromatic rings. The predicted octanol–water partition coefficient (Wildman–Crippen LogP) is 4.15. The van der Waals surface area contributed by atoms with Crippen LogP contribution in [-0.4, -0.2) is 26.1 Å². The van der Waals surface area contributed by atoms with Crippen molar-refractivity contribution in [2.75, 3.05) is 0 Å². The van der Waals surface area contributed by atoms with E-state index in [1.807, 2.05) is 32.0 Å². The molecule has 4 rings (SSSR count). The number of aromatic nitrogens is 4. The fourth-order valence-corrected chi connectivity index (χ4v) is 2.88. The Balaban J connectivity index is 1.53. The number of ether oxygens (including phenoxy) is 1. The van der Waals surface area contributed by atoms with Gasteiger partial charge >= 0.3 is 5.97 Å². The molecule has 7 heteroatoms. The first-order chi connectivity index (χ1) is 13.0. The molecule has 0 aliphatic carbocycles. The Hall–Kier alpha value is -3.48. The highest BCUT2D eigenvalue weighted by Gasteiger charge is 2.21. The molecule has 136 valence electrons. The number of nitrogens with one attached hydrogen (secondary N) is 1. The number of carbonyl (C=O) groups is 1. The van der Waals surface area contributed by atoms with Crippen LogP contribution in [0.4, 0.5) is 0 Å². The number of H-pyrrole nitrogens is 1. The van der Waals surface area contributed by atoms with Crippen molar-refractivity contribution < 1.29 is 14.1 Å². The van der Waals surface area contributed by atoms with E-state index in [0.29, 0.717) is 11.4 Å². The van der Waals surface area contributed by atoms with Crippen molar-refractivity contribution in [2.45, 2.75) is 26.9 Å². The van der Waals surface area contributed by atoms with Crippen LogP contribution in [0.15, 0.2) is 47.2 Å². The standard InChI is InChI=1S/C20H18N4O3/c1-11-12(2)22-17-7-6-14(9-16(11)17)20(25)26-13(3)19-23-18(24-27-19)15-5-4-8-21-10-15/h4-10,13,22H,1-3H3/t13-/m0/s1. The average Bonchev–Trinajstić information content (AvgIpc) is 3.28. The van der Waals surface area contributed by atoms with Crippen LogP contribution in [0, 0.1) is 13.8 Å². The van der Waals surface area contributed by atoms with E-state index in [4.69, 9.17) is 9.26 Å². The second kappa shape index (κ2) is 6.68. The van der Waals surface area contributed by atoms with E-state index in [1.54, 1.807) is 31.5 Å². The molecule has 0 fully saturated rings. The molecule has 0 spiro atoms. The topological polar surface area (TPSA) is 93.9 Å². The van der Waals surface area contributed by atoms with E-state index in [9.17, 15) is 4.79 Å². The van der Waals surface area contributed by atoms with Crippen molar-refractivity contribution in [3.05, 3.63) is 65.4 Å². The van der Waals surface area contributed by atoms with Crippen LogP contribution in [0.5, 0.6) is 0 Å². The van der Waals surface area contributed by atoms with Crippen LogP contribution in [0.1, 0.15) is 40.5 Å². The number of fused-ring (bicyclic) bond motifs is 1. The molecule has 0 radical (unpaired) electrons. The van der Waals surface area contributed by atoms with Crippen LogP contribution in [0.25, 0.3) is 22.3 Å². The molecule has 1 atom stereocenters. The number of esters is 1. The van der Waals surface area contributed by atoms with Crippen LogP contribution in [-0.2, 0) is 4.74 Å². The lowest BCUT2D eigenvalue weighted by atomic mass is 10.1. The highest BCUT2D eigenvalue weighted by atomic mass is 16.6.